The summed E-state index contributed by atoms with van der Waals surface area (Å²) >= 11 is 6.82. The number of carboxylic acids is 1. The lowest BCUT2D eigenvalue weighted by Crippen LogP contribution is -2.61. The Labute approximate surface area is 512 Å². The summed E-state index contributed by atoms with van der Waals surface area (Å²) in [6, 6.07) is 2.82. The highest BCUT2D eigenvalue weighted by Crippen LogP contribution is 2.47. The molecule has 13 atom stereocenters. The van der Waals surface area contributed by atoms with Gasteiger partial charge in [-0.1, -0.05) is 49.7 Å². The van der Waals surface area contributed by atoms with Crippen LogP contribution >= 0.6 is 11.6 Å². The highest BCUT2D eigenvalue weighted by molar-refractivity contribution is 6.32. The van der Waals surface area contributed by atoms with E-state index in [4.69, 9.17) is 42.0 Å². The molecule has 0 saturated carbocycles. The zero-order chi connectivity index (χ0) is 64.7. The molecule has 1 saturated heterocycles. The smallest absolute Gasteiger partial charge is 0.330 e. The number of benzene rings is 5. The molecule has 6 heterocycles. The van der Waals surface area contributed by atoms with E-state index in [9.17, 15) is 59.7 Å². The van der Waals surface area contributed by atoms with Crippen LogP contribution < -0.4 is 58.2 Å². The first-order chi connectivity index (χ1) is 42.0. The average molecular weight is 1250 g/mol. The minimum atomic E-state index is -2.19. The van der Waals surface area contributed by atoms with E-state index in [0.29, 0.717) is 0 Å². The van der Waals surface area contributed by atoms with Gasteiger partial charge >= 0.3 is 5.97 Å². The van der Waals surface area contributed by atoms with Crippen LogP contribution in [0.3, 0.4) is 0 Å². The fourth-order valence-corrected chi connectivity index (χ4v) is 11.3. The van der Waals surface area contributed by atoms with Crippen molar-refractivity contribution in [2.24, 2.45) is 17.4 Å². The second kappa shape index (κ2) is 25.8. The van der Waals surface area contributed by atoms with Crippen molar-refractivity contribution in [3.05, 3.63) is 118 Å². The molecule has 0 unspecified atom stereocenters. The van der Waals surface area contributed by atoms with E-state index in [2.05, 4.69) is 37.2 Å². The zero-order valence-electron chi connectivity index (χ0n) is 48.3. The van der Waals surface area contributed by atoms with Gasteiger partial charge in [-0.3, -0.25) is 33.6 Å². The number of aliphatic hydroxyl groups excluding tert-OH is 2. The zero-order valence-corrected chi connectivity index (χ0v) is 49.0. The van der Waals surface area contributed by atoms with Gasteiger partial charge in [-0.15, -0.1) is 0 Å². The predicted molar refractivity (Wildman–Crippen MR) is 312 cm³/mol. The highest BCUT2D eigenvalue weighted by atomic mass is 35.5. The van der Waals surface area contributed by atoms with Gasteiger partial charge in [-0.05, 0) is 110 Å². The van der Waals surface area contributed by atoms with Crippen LogP contribution in [0.4, 0.5) is 0 Å². The third-order valence-corrected chi connectivity index (χ3v) is 15.9. The first-order valence-corrected chi connectivity index (χ1v) is 28.4. The lowest BCUT2D eigenvalue weighted by atomic mass is 9.86. The van der Waals surface area contributed by atoms with Crippen LogP contribution in [-0.2, 0) is 47.8 Å². The molecule has 6 aliphatic rings. The quantitative estimate of drug-likeness (QED) is 0.0950. The average Bonchev–Trinajstić information content (AvgIpc) is 1.35. The fraction of sp³-hybridized carbons (Fsp3) is 0.367. The number of aromatic hydroxyl groups is 4. The third kappa shape index (κ3) is 13.7. The van der Waals surface area contributed by atoms with E-state index >= 15 is 14.4 Å². The molecule has 0 radical (unpaired) electrons. The first-order valence-electron chi connectivity index (χ1n) is 28.0. The maximum atomic E-state index is 15.7. The van der Waals surface area contributed by atoms with Crippen LogP contribution in [0.5, 0.6) is 46.0 Å². The number of phenolic OH excluding ortho intramolecular Hbond substituents is 4. The van der Waals surface area contributed by atoms with Gasteiger partial charge < -0.3 is 103 Å². The molecule has 7 amide bonds. The molecule has 11 rings (SSSR count). The van der Waals surface area contributed by atoms with Crippen molar-refractivity contribution in [1.82, 2.24) is 37.2 Å². The summed E-state index contributed by atoms with van der Waals surface area (Å²) in [6.45, 7) is 6.71. The van der Waals surface area contributed by atoms with Crippen LogP contribution in [0, 0.1) is 5.92 Å². The topological polar surface area (TPSA) is 451 Å². The number of nitrogens with one attached hydrogen (secondary N) is 7. The first kappa shape index (κ1) is 64.2. The number of hydrogen-bond acceptors (Lipinski definition) is 20. The van der Waals surface area contributed by atoms with Gasteiger partial charge in [-0.2, -0.15) is 0 Å². The lowest BCUT2D eigenvalue weighted by Gasteiger charge is -2.44. The van der Waals surface area contributed by atoms with Crippen LogP contribution in [0.25, 0.3) is 11.1 Å². The number of carbonyl (C=O) groups is 8. The van der Waals surface area contributed by atoms with Crippen molar-refractivity contribution < 1.29 is 93.0 Å². The van der Waals surface area contributed by atoms with E-state index in [0.717, 1.165) is 42.5 Å². The number of aliphatic hydroxyl groups is 2. The second-order valence-corrected chi connectivity index (χ2v) is 23.2. The monoisotopic (exact) mass is 1250 g/mol. The number of carboxylic acid groups (broad SMARTS) is 1. The number of aliphatic carboxylic acids is 1. The maximum Gasteiger partial charge on any atom is 0.330 e. The van der Waals surface area contributed by atoms with E-state index in [-0.39, 0.29) is 57.5 Å². The number of carbonyl (C=O) groups excluding carboxylic acids is 7. The third-order valence-electron chi connectivity index (χ3n) is 15.6. The Bertz CT molecular complexity index is 3640. The molecule has 29 heteroatoms. The normalized spacial score (nSPS) is 26.6. The number of fused-ring (bicyclic) bond motifs is 15. The Morgan fingerprint density at radius 2 is 1.39 bits per heavy atom. The SMILES string of the molecule is CN[C@H](CC(C)C)C(=O)N[C@H]1C(=O)N[C@@H](CC(N)=O)C(=O)N[C@H]2C(=O)N[C@H]3C(=O)N[C@H](C(=O)N[C@H](C(=O)O)c4cc(O)cc(O)c4-c4cc3ccc4O)[C@H](O[C@H]3C[C@@](C)(N)[C@@H](O)[C@H](C)O3)c3ccc(cc3)Oc3cc2cc(c3O)Oc2ccc(cc2Cl)[C@H]1O. The summed E-state index contributed by atoms with van der Waals surface area (Å²) in [4.78, 5) is 116. The van der Waals surface area contributed by atoms with Crippen molar-refractivity contribution in [3.8, 4) is 57.1 Å². The number of amides is 7. The Morgan fingerprint density at radius 1 is 0.753 bits per heavy atom. The van der Waals surface area contributed by atoms with E-state index in [1.54, 1.807) is 0 Å². The molecule has 5 aromatic rings. The number of likely N-dealkylation sites (N-methyl/N-ethyl adjacent to an activating group) is 1. The van der Waals surface area contributed by atoms with E-state index < -0.39 is 183 Å². The molecule has 18 N–H and O–H groups in total. The number of rotatable bonds is 10. The largest absolute Gasteiger partial charge is 0.508 e. The molecule has 6 aliphatic heterocycles. The van der Waals surface area contributed by atoms with Gasteiger partial charge in [0, 0.05) is 34.7 Å². The lowest BCUT2D eigenvalue weighted by molar-refractivity contribution is -0.255. The Kier molecular flexibility index (Phi) is 18.6. The predicted octanol–water partition coefficient (Wildman–Crippen LogP) is 1.98. The summed E-state index contributed by atoms with van der Waals surface area (Å²) in [6.07, 6.45) is -8.27. The number of phenols is 4. The van der Waals surface area contributed by atoms with Gasteiger partial charge in [0.1, 0.15) is 71.2 Å². The van der Waals surface area contributed by atoms with Crippen molar-refractivity contribution in [2.45, 2.75) is 125 Å². The van der Waals surface area contributed by atoms with Gasteiger partial charge in [0.15, 0.2) is 23.8 Å². The molecule has 89 heavy (non-hydrogen) atoms. The van der Waals surface area contributed by atoms with E-state index in [1.165, 1.54) is 63.4 Å². The summed E-state index contributed by atoms with van der Waals surface area (Å²) in [5.41, 5.74) is 8.84. The number of primary amides is 1. The van der Waals surface area contributed by atoms with Gasteiger partial charge in [0.25, 0.3) is 0 Å². The molecular weight excluding hydrogens is 1190 g/mol. The summed E-state index contributed by atoms with van der Waals surface area (Å²) in [5, 5.41) is 97.3. The van der Waals surface area contributed by atoms with Crippen molar-refractivity contribution in [3.63, 3.8) is 0 Å². The second-order valence-electron chi connectivity index (χ2n) is 22.8. The minimum absolute atomic E-state index is 0.0412. The Hall–Kier alpha value is -9.29. The summed E-state index contributed by atoms with van der Waals surface area (Å²) in [7, 11) is 1.50. The number of hydrogen-bond donors (Lipinski definition) is 16. The van der Waals surface area contributed by atoms with Gasteiger partial charge in [0.05, 0.1) is 29.7 Å². The maximum absolute atomic E-state index is 15.7. The number of ether oxygens (including phenoxy) is 4. The fourth-order valence-electron chi connectivity index (χ4n) is 11.1. The van der Waals surface area contributed by atoms with Crippen LogP contribution in [-0.4, -0.2) is 138 Å². The van der Waals surface area contributed by atoms with E-state index in [1.807, 2.05) is 13.8 Å². The number of halogens is 1. The van der Waals surface area contributed by atoms with Crippen molar-refractivity contribution in [2.75, 3.05) is 7.05 Å². The molecule has 5 aromatic carbocycles. The van der Waals surface area contributed by atoms with Crippen molar-refractivity contribution >= 4 is 58.9 Å². The summed E-state index contributed by atoms with van der Waals surface area (Å²) < 4.78 is 25.1. The Morgan fingerprint density at radius 3 is 2.03 bits per heavy atom. The number of nitrogens with two attached hydrogens (primary N) is 2. The van der Waals surface area contributed by atoms with Crippen molar-refractivity contribution in [1.29, 1.82) is 0 Å². The van der Waals surface area contributed by atoms with Gasteiger partial charge in [0.2, 0.25) is 47.1 Å². The highest BCUT2D eigenvalue weighted by Gasteiger charge is 2.47. The molecule has 28 nitrogen and oxygen atoms in total. The molecule has 1 fully saturated rings. The molecule has 0 spiro atoms. The van der Waals surface area contributed by atoms with Crippen LogP contribution in [0.1, 0.15) is 105 Å². The molecule has 0 aliphatic carbocycles. The van der Waals surface area contributed by atoms with Crippen LogP contribution in [0.15, 0.2) is 84.9 Å². The molecule has 11 bridgehead atoms. The standard InChI is InChI=1S/C60H66ClN9O19/c1-23(2)14-34(64-5)53(78)69-47-49(75)27-9-13-38(33(61)16-27)88-40-18-28-17-39(50(40)76)87-30-10-6-25(7-11-30)51(89-42-22-60(4,63)52(77)24(3)86-42)48-58(83)68-46(59(84)85)32-19-29(71)20-37(73)43(32)31-15-26(8-12-36(31)72)44(55(80)70-48)67-56(81)45(28)66-54(79)35(21-41(62)74)65-57(47)82/h6-13,15-20,23-24,34-35,42,44-49,51-52,64,71-73,75-77H,14,21-22,63H2,1-5H3,(H2,62,74)(H,65,82)(H,66,79)(H,67,81)(H,68,83)(H,69,78)(H,70,80)(H,84,85)/t24-,34+,35-,42-,44+,45+,46-,47+,48-,49+,51+,52-,60+/m0/s1. The molecular formula is C60H66ClN9O19. The summed E-state index contributed by atoms with van der Waals surface area (Å²) in [5.74, 6) is -14.5. The van der Waals surface area contributed by atoms with Gasteiger partial charge in [-0.25, -0.2) is 4.79 Å². The minimum Gasteiger partial charge on any atom is -0.508 e. The molecule has 0 aromatic heterocycles. The Balaban J connectivity index is 1.27. The van der Waals surface area contributed by atoms with Crippen LogP contribution in [0.2, 0.25) is 5.02 Å². The molecule has 472 valence electrons.